The molecule has 170 valence electrons. The van der Waals surface area contributed by atoms with Gasteiger partial charge in [0.1, 0.15) is 5.82 Å². The number of piperazine rings is 1. The van der Waals surface area contributed by atoms with Gasteiger partial charge in [0.25, 0.3) is 0 Å². The van der Waals surface area contributed by atoms with Crippen molar-refractivity contribution in [3.8, 4) is 22.8 Å². The fourth-order valence-corrected chi connectivity index (χ4v) is 4.90. The summed E-state index contributed by atoms with van der Waals surface area (Å²) in [4.78, 5) is 19.1. The Morgan fingerprint density at radius 3 is 2.47 bits per heavy atom. The highest BCUT2D eigenvalue weighted by molar-refractivity contribution is 7.08. The lowest BCUT2D eigenvalue weighted by Crippen LogP contribution is -2.46. The minimum Gasteiger partial charge on any atom is -0.353 e. The molecule has 0 N–H and O–H groups in total. The SMILES string of the molecule is Cc1ccc(-c2noc(CN3CCN(c4nc(-c5ccsc5)nc5ccccc45)CC3)n2)cc1. The number of nitrogens with zero attached hydrogens (tertiary/aromatic N) is 6. The van der Waals surface area contributed by atoms with Crippen LogP contribution >= 0.6 is 11.3 Å². The summed E-state index contributed by atoms with van der Waals surface area (Å²) in [6.45, 7) is 6.27. The summed E-state index contributed by atoms with van der Waals surface area (Å²) in [5.74, 6) is 3.08. The van der Waals surface area contributed by atoms with Crippen LogP contribution in [0, 0.1) is 6.92 Å². The summed E-state index contributed by atoms with van der Waals surface area (Å²) in [6, 6.07) is 18.5. The van der Waals surface area contributed by atoms with Gasteiger partial charge in [-0.15, -0.1) is 0 Å². The predicted octanol–water partition coefficient (Wildman–Crippen LogP) is 5.04. The Hall–Kier alpha value is -3.62. The Kier molecular flexibility index (Phi) is 5.52. The van der Waals surface area contributed by atoms with E-state index < -0.39 is 0 Å². The molecule has 0 unspecified atom stereocenters. The Labute approximate surface area is 201 Å². The molecule has 1 aliphatic rings. The van der Waals surface area contributed by atoms with Crippen molar-refractivity contribution in [1.29, 1.82) is 0 Å². The molecule has 34 heavy (non-hydrogen) atoms. The molecule has 0 atom stereocenters. The van der Waals surface area contributed by atoms with Gasteiger partial charge in [-0.3, -0.25) is 4.90 Å². The first kappa shape index (κ1) is 20.9. The van der Waals surface area contributed by atoms with Gasteiger partial charge in [-0.05, 0) is 30.5 Å². The number of para-hydroxylation sites is 1. The van der Waals surface area contributed by atoms with Crippen molar-refractivity contribution >= 4 is 28.1 Å². The second kappa shape index (κ2) is 8.96. The van der Waals surface area contributed by atoms with Crippen LogP contribution in [0.4, 0.5) is 5.82 Å². The zero-order valence-electron chi connectivity index (χ0n) is 18.9. The number of hydrogen-bond donors (Lipinski definition) is 0. The molecule has 1 fully saturated rings. The largest absolute Gasteiger partial charge is 0.353 e. The molecule has 6 rings (SSSR count). The Balaban J connectivity index is 1.17. The number of aryl methyl sites for hydroxylation is 1. The smallest absolute Gasteiger partial charge is 0.241 e. The number of anilines is 1. The van der Waals surface area contributed by atoms with Crippen LogP contribution in [0.5, 0.6) is 0 Å². The molecule has 0 spiro atoms. The lowest BCUT2D eigenvalue weighted by molar-refractivity contribution is 0.215. The molecular formula is C26H24N6OS. The van der Waals surface area contributed by atoms with E-state index in [9.17, 15) is 0 Å². The first-order valence-electron chi connectivity index (χ1n) is 11.4. The third kappa shape index (κ3) is 4.18. The number of rotatable bonds is 5. The van der Waals surface area contributed by atoms with Crippen molar-refractivity contribution in [2.75, 3.05) is 31.1 Å². The zero-order chi connectivity index (χ0) is 22.9. The van der Waals surface area contributed by atoms with Crippen molar-refractivity contribution in [3.05, 3.63) is 76.8 Å². The number of thiophene rings is 1. The molecule has 0 aliphatic carbocycles. The van der Waals surface area contributed by atoms with E-state index in [0.29, 0.717) is 18.3 Å². The monoisotopic (exact) mass is 468 g/mol. The molecule has 8 heteroatoms. The van der Waals surface area contributed by atoms with Gasteiger partial charge in [-0.1, -0.05) is 47.1 Å². The highest BCUT2D eigenvalue weighted by atomic mass is 32.1. The maximum atomic E-state index is 5.54. The average Bonchev–Trinajstić information content (AvgIpc) is 3.57. The average molecular weight is 469 g/mol. The minimum absolute atomic E-state index is 0.641. The molecule has 1 aliphatic heterocycles. The van der Waals surface area contributed by atoms with Crippen molar-refractivity contribution < 1.29 is 4.52 Å². The van der Waals surface area contributed by atoms with Crippen molar-refractivity contribution in [2.24, 2.45) is 0 Å². The second-order valence-electron chi connectivity index (χ2n) is 8.54. The maximum absolute atomic E-state index is 5.54. The Bertz CT molecular complexity index is 1410. The van der Waals surface area contributed by atoms with Gasteiger partial charge in [0.2, 0.25) is 11.7 Å². The first-order valence-corrected chi connectivity index (χ1v) is 12.3. The second-order valence-corrected chi connectivity index (χ2v) is 9.32. The van der Waals surface area contributed by atoms with Crippen molar-refractivity contribution in [2.45, 2.75) is 13.5 Å². The number of fused-ring (bicyclic) bond motifs is 1. The van der Waals surface area contributed by atoms with E-state index in [1.165, 1.54) is 5.56 Å². The summed E-state index contributed by atoms with van der Waals surface area (Å²) in [7, 11) is 0. The maximum Gasteiger partial charge on any atom is 0.241 e. The number of hydrogen-bond acceptors (Lipinski definition) is 8. The molecule has 0 radical (unpaired) electrons. The predicted molar refractivity (Wildman–Crippen MR) is 135 cm³/mol. The van der Waals surface area contributed by atoms with Crippen LogP contribution in [0.2, 0.25) is 0 Å². The van der Waals surface area contributed by atoms with E-state index >= 15 is 0 Å². The lowest BCUT2D eigenvalue weighted by Gasteiger charge is -2.35. The van der Waals surface area contributed by atoms with E-state index in [4.69, 9.17) is 14.5 Å². The molecule has 4 heterocycles. The summed E-state index contributed by atoms with van der Waals surface area (Å²) in [6.07, 6.45) is 0. The standard InChI is InChI=1S/C26H24N6OS/c1-18-6-8-19(9-7-18)25-28-23(33-30-25)16-31-11-13-32(14-12-31)26-21-4-2-3-5-22(21)27-24(29-26)20-10-15-34-17-20/h2-10,15,17H,11-14,16H2,1H3. The molecule has 5 aromatic rings. The van der Waals surface area contributed by atoms with Gasteiger partial charge in [-0.25, -0.2) is 9.97 Å². The number of benzene rings is 2. The van der Waals surface area contributed by atoms with Crippen LogP contribution in [-0.4, -0.2) is 51.2 Å². The number of aromatic nitrogens is 4. The van der Waals surface area contributed by atoms with Crippen molar-refractivity contribution in [3.63, 3.8) is 0 Å². The molecule has 1 saturated heterocycles. The third-order valence-electron chi connectivity index (χ3n) is 6.17. The fraction of sp³-hybridized carbons (Fsp3) is 0.231. The van der Waals surface area contributed by atoms with Crippen LogP contribution in [-0.2, 0) is 6.54 Å². The summed E-state index contributed by atoms with van der Waals surface area (Å²) in [5.41, 5.74) is 4.23. The molecular weight excluding hydrogens is 444 g/mol. The normalized spacial score (nSPS) is 14.7. The van der Waals surface area contributed by atoms with E-state index in [-0.39, 0.29) is 0 Å². The summed E-state index contributed by atoms with van der Waals surface area (Å²) >= 11 is 1.66. The van der Waals surface area contributed by atoms with Crippen LogP contribution in [0.3, 0.4) is 0 Å². The Morgan fingerprint density at radius 1 is 0.853 bits per heavy atom. The molecule has 0 bridgehead atoms. The van der Waals surface area contributed by atoms with Gasteiger partial charge in [0, 0.05) is 48.1 Å². The van der Waals surface area contributed by atoms with Crippen LogP contribution < -0.4 is 4.90 Å². The molecule has 2 aromatic carbocycles. The van der Waals surface area contributed by atoms with E-state index in [0.717, 1.165) is 59.9 Å². The summed E-state index contributed by atoms with van der Waals surface area (Å²) < 4.78 is 5.54. The molecule has 7 nitrogen and oxygen atoms in total. The molecule has 0 saturated carbocycles. The van der Waals surface area contributed by atoms with Crippen LogP contribution in [0.25, 0.3) is 33.7 Å². The van der Waals surface area contributed by atoms with E-state index in [1.807, 2.05) is 18.2 Å². The van der Waals surface area contributed by atoms with Gasteiger partial charge in [0.05, 0.1) is 12.1 Å². The van der Waals surface area contributed by atoms with E-state index in [2.05, 4.69) is 74.0 Å². The van der Waals surface area contributed by atoms with Gasteiger partial charge in [0.15, 0.2) is 5.82 Å². The van der Waals surface area contributed by atoms with Gasteiger partial charge < -0.3 is 9.42 Å². The molecule has 3 aromatic heterocycles. The van der Waals surface area contributed by atoms with Crippen molar-refractivity contribution in [1.82, 2.24) is 25.0 Å². The molecule has 0 amide bonds. The fourth-order valence-electron chi connectivity index (χ4n) is 4.27. The Morgan fingerprint density at radius 2 is 1.68 bits per heavy atom. The third-order valence-corrected chi connectivity index (χ3v) is 6.85. The topological polar surface area (TPSA) is 71.2 Å². The quantitative estimate of drug-likeness (QED) is 0.358. The summed E-state index contributed by atoms with van der Waals surface area (Å²) in [5, 5.41) is 9.43. The zero-order valence-corrected chi connectivity index (χ0v) is 19.7. The highest BCUT2D eigenvalue weighted by Gasteiger charge is 2.23. The lowest BCUT2D eigenvalue weighted by atomic mass is 10.1. The van der Waals surface area contributed by atoms with Crippen LogP contribution in [0.1, 0.15) is 11.5 Å². The minimum atomic E-state index is 0.641. The van der Waals surface area contributed by atoms with E-state index in [1.54, 1.807) is 11.3 Å². The van der Waals surface area contributed by atoms with Gasteiger partial charge in [-0.2, -0.15) is 16.3 Å². The van der Waals surface area contributed by atoms with Crippen LogP contribution in [0.15, 0.2) is 69.9 Å². The van der Waals surface area contributed by atoms with Gasteiger partial charge >= 0.3 is 0 Å². The highest BCUT2D eigenvalue weighted by Crippen LogP contribution is 2.29. The first-order chi connectivity index (χ1) is 16.7.